The van der Waals surface area contributed by atoms with Crippen molar-refractivity contribution < 1.29 is 9.53 Å². The first kappa shape index (κ1) is 15.3. The molecule has 2 aromatic rings. The normalized spacial score (nSPS) is 16.2. The lowest BCUT2D eigenvalue weighted by Crippen LogP contribution is -2.36. The predicted octanol–water partition coefficient (Wildman–Crippen LogP) is 2.15. The monoisotopic (exact) mass is 312 g/mol. The highest BCUT2D eigenvalue weighted by molar-refractivity contribution is 5.80. The van der Waals surface area contributed by atoms with E-state index in [1.807, 2.05) is 38.1 Å². The molecule has 0 fully saturated rings. The van der Waals surface area contributed by atoms with Crippen molar-refractivity contribution in [1.82, 2.24) is 15.3 Å². The maximum Gasteiger partial charge on any atom is 0.239 e. The van der Waals surface area contributed by atoms with Crippen molar-refractivity contribution >= 4 is 11.9 Å². The molecule has 1 unspecified atom stereocenters. The number of fused-ring (bicyclic) bond motifs is 1. The van der Waals surface area contributed by atoms with Gasteiger partial charge in [0.2, 0.25) is 11.9 Å². The molecule has 1 aliphatic rings. The Morgan fingerprint density at radius 3 is 3.00 bits per heavy atom. The number of carbonyl (C=O) groups excluding carboxylic acids is 1. The molecule has 0 radical (unpaired) electrons. The molecule has 1 atom stereocenters. The maximum atomic E-state index is 12.2. The SMILES string of the molecule is Cc1cnc(NCC(=O)NC2CCOc3ccccc32)nc1C. The summed E-state index contributed by atoms with van der Waals surface area (Å²) in [7, 11) is 0. The number of aromatic nitrogens is 2. The van der Waals surface area contributed by atoms with Gasteiger partial charge in [-0.3, -0.25) is 4.79 Å². The van der Waals surface area contributed by atoms with Crippen LogP contribution >= 0.6 is 0 Å². The molecule has 1 amide bonds. The lowest BCUT2D eigenvalue weighted by atomic mass is 10.0. The molecular formula is C17H20N4O2. The minimum atomic E-state index is -0.0893. The van der Waals surface area contributed by atoms with Gasteiger partial charge < -0.3 is 15.4 Å². The molecule has 0 saturated carbocycles. The fraction of sp³-hybridized carbons (Fsp3) is 0.353. The van der Waals surface area contributed by atoms with Gasteiger partial charge in [-0.1, -0.05) is 18.2 Å². The van der Waals surface area contributed by atoms with Crippen LogP contribution in [0, 0.1) is 13.8 Å². The molecule has 3 rings (SSSR count). The van der Waals surface area contributed by atoms with Gasteiger partial charge in [-0.15, -0.1) is 0 Å². The number of ether oxygens (including phenoxy) is 1. The largest absolute Gasteiger partial charge is 0.493 e. The van der Waals surface area contributed by atoms with Crippen LogP contribution in [0.15, 0.2) is 30.5 Å². The van der Waals surface area contributed by atoms with Crippen LogP contribution in [-0.4, -0.2) is 29.0 Å². The number of benzene rings is 1. The first-order chi connectivity index (χ1) is 11.1. The average molecular weight is 312 g/mol. The summed E-state index contributed by atoms with van der Waals surface area (Å²) in [6.07, 6.45) is 2.51. The Balaban J connectivity index is 1.59. The molecule has 120 valence electrons. The second-order valence-electron chi connectivity index (χ2n) is 5.61. The summed E-state index contributed by atoms with van der Waals surface area (Å²) in [6, 6.07) is 7.78. The minimum absolute atomic E-state index is 0.0186. The summed E-state index contributed by atoms with van der Waals surface area (Å²) in [5.41, 5.74) is 2.95. The van der Waals surface area contributed by atoms with E-state index in [9.17, 15) is 4.79 Å². The van der Waals surface area contributed by atoms with E-state index >= 15 is 0 Å². The fourth-order valence-corrected chi connectivity index (χ4v) is 2.51. The Labute approximate surface area is 135 Å². The van der Waals surface area contributed by atoms with E-state index in [0.29, 0.717) is 12.6 Å². The number of anilines is 1. The first-order valence-corrected chi connectivity index (χ1v) is 7.68. The van der Waals surface area contributed by atoms with Crippen LogP contribution in [0.4, 0.5) is 5.95 Å². The van der Waals surface area contributed by atoms with Crippen LogP contribution < -0.4 is 15.4 Å². The van der Waals surface area contributed by atoms with Crippen LogP contribution in [0.2, 0.25) is 0 Å². The van der Waals surface area contributed by atoms with Crippen molar-refractivity contribution in [3.8, 4) is 5.75 Å². The standard InChI is InChI=1S/C17H20N4O2/c1-11-9-18-17(20-12(11)2)19-10-16(22)21-14-7-8-23-15-6-4-3-5-13(14)15/h3-6,9,14H,7-8,10H2,1-2H3,(H,21,22)(H,18,19,20). The quantitative estimate of drug-likeness (QED) is 0.904. The molecule has 1 aromatic heterocycles. The number of rotatable bonds is 4. The number of carbonyl (C=O) groups is 1. The van der Waals surface area contributed by atoms with Gasteiger partial charge >= 0.3 is 0 Å². The Hall–Kier alpha value is -2.63. The molecule has 23 heavy (non-hydrogen) atoms. The van der Waals surface area contributed by atoms with Gasteiger partial charge in [0, 0.05) is 23.9 Å². The van der Waals surface area contributed by atoms with Crippen LogP contribution in [-0.2, 0) is 4.79 Å². The summed E-state index contributed by atoms with van der Waals surface area (Å²) in [5, 5.41) is 5.99. The van der Waals surface area contributed by atoms with Gasteiger partial charge in [0.1, 0.15) is 5.75 Å². The predicted molar refractivity (Wildman–Crippen MR) is 87.4 cm³/mol. The highest BCUT2D eigenvalue weighted by Gasteiger charge is 2.22. The number of para-hydroxylation sites is 1. The van der Waals surface area contributed by atoms with E-state index in [4.69, 9.17) is 4.74 Å². The smallest absolute Gasteiger partial charge is 0.239 e. The van der Waals surface area contributed by atoms with Crippen LogP contribution in [0.25, 0.3) is 0 Å². The van der Waals surface area contributed by atoms with Crippen molar-refractivity contribution in [2.24, 2.45) is 0 Å². The topological polar surface area (TPSA) is 76.1 Å². The highest BCUT2D eigenvalue weighted by atomic mass is 16.5. The van der Waals surface area contributed by atoms with E-state index in [-0.39, 0.29) is 18.5 Å². The number of amides is 1. The third-order valence-corrected chi connectivity index (χ3v) is 3.93. The Kier molecular flexibility index (Phi) is 4.41. The maximum absolute atomic E-state index is 12.2. The average Bonchev–Trinajstić information content (AvgIpc) is 2.56. The number of hydrogen-bond acceptors (Lipinski definition) is 5. The number of hydrogen-bond donors (Lipinski definition) is 2. The van der Waals surface area contributed by atoms with E-state index in [1.165, 1.54) is 0 Å². The molecule has 0 bridgehead atoms. The number of aryl methyl sites for hydroxylation is 2. The van der Waals surface area contributed by atoms with Gasteiger partial charge in [-0.25, -0.2) is 9.97 Å². The Morgan fingerprint density at radius 2 is 2.17 bits per heavy atom. The van der Waals surface area contributed by atoms with Gasteiger partial charge in [-0.05, 0) is 25.5 Å². The van der Waals surface area contributed by atoms with Crippen LogP contribution in [0.5, 0.6) is 5.75 Å². The summed E-state index contributed by atoms with van der Waals surface area (Å²) >= 11 is 0. The third kappa shape index (κ3) is 3.59. The van der Waals surface area contributed by atoms with E-state index in [1.54, 1.807) is 6.20 Å². The summed E-state index contributed by atoms with van der Waals surface area (Å²) in [5.74, 6) is 1.22. The number of nitrogens with zero attached hydrogens (tertiary/aromatic N) is 2. The minimum Gasteiger partial charge on any atom is -0.493 e. The lowest BCUT2D eigenvalue weighted by molar-refractivity contribution is -0.120. The zero-order chi connectivity index (χ0) is 16.2. The fourth-order valence-electron chi connectivity index (χ4n) is 2.51. The molecule has 6 heteroatoms. The van der Waals surface area contributed by atoms with E-state index in [0.717, 1.165) is 29.0 Å². The van der Waals surface area contributed by atoms with Crippen LogP contribution in [0.1, 0.15) is 29.3 Å². The molecule has 1 aliphatic heterocycles. The Bertz CT molecular complexity index is 717. The summed E-state index contributed by atoms with van der Waals surface area (Å²) < 4.78 is 5.60. The van der Waals surface area contributed by atoms with Crippen molar-refractivity contribution in [1.29, 1.82) is 0 Å². The second-order valence-corrected chi connectivity index (χ2v) is 5.61. The van der Waals surface area contributed by atoms with Gasteiger partial charge in [0.15, 0.2) is 0 Å². The molecule has 6 nitrogen and oxygen atoms in total. The van der Waals surface area contributed by atoms with Gasteiger partial charge in [-0.2, -0.15) is 0 Å². The molecule has 2 heterocycles. The van der Waals surface area contributed by atoms with E-state index in [2.05, 4.69) is 20.6 Å². The molecule has 1 aromatic carbocycles. The molecule has 0 spiro atoms. The van der Waals surface area contributed by atoms with Crippen LogP contribution in [0.3, 0.4) is 0 Å². The van der Waals surface area contributed by atoms with Crippen molar-refractivity contribution in [2.45, 2.75) is 26.3 Å². The molecular weight excluding hydrogens is 292 g/mol. The van der Waals surface area contributed by atoms with Crippen molar-refractivity contribution in [3.05, 3.63) is 47.3 Å². The zero-order valence-electron chi connectivity index (χ0n) is 13.3. The molecule has 0 aliphatic carbocycles. The lowest BCUT2D eigenvalue weighted by Gasteiger charge is -2.26. The molecule has 0 saturated heterocycles. The van der Waals surface area contributed by atoms with Gasteiger partial charge in [0.05, 0.1) is 19.2 Å². The Morgan fingerprint density at radius 1 is 1.35 bits per heavy atom. The zero-order valence-corrected chi connectivity index (χ0v) is 13.3. The number of nitrogens with one attached hydrogen (secondary N) is 2. The first-order valence-electron chi connectivity index (χ1n) is 7.68. The summed E-state index contributed by atoms with van der Waals surface area (Å²) in [6.45, 7) is 4.62. The second kappa shape index (κ2) is 6.64. The van der Waals surface area contributed by atoms with Crippen molar-refractivity contribution in [2.75, 3.05) is 18.5 Å². The van der Waals surface area contributed by atoms with E-state index < -0.39 is 0 Å². The van der Waals surface area contributed by atoms with Crippen molar-refractivity contribution in [3.63, 3.8) is 0 Å². The molecule has 2 N–H and O–H groups in total. The third-order valence-electron chi connectivity index (χ3n) is 3.93. The highest BCUT2D eigenvalue weighted by Crippen LogP contribution is 2.31. The summed E-state index contributed by atoms with van der Waals surface area (Å²) in [4.78, 5) is 20.7. The van der Waals surface area contributed by atoms with Gasteiger partial charge in [0.25, 0.3) is 0 Å².